The summed E-state index contributed by atoms with van der Waals surface area (Å²) in [6.45, 7) is 5.58. The maximum atomic E-state index is 14.1. The number of hydrogen-bond donors (Lipinski definition) is 2. The monoisotopic (exact) mass is 586 g/mol. The molecular formula is C31H43FN4O4S. The summed E-state index contributed by atoms with van der Waals surface area (Å²) >= 11 is 0. The number of sulfonamides is 1. The molecular weight excluding hydrogens is 543 g/mol. The second-order valence-corrected chi connectivity index (χ2v) is 11.8. The number of nitrogens with one attached hydrogen (secondary N) is 2. The fourth-order valence-corrected chi connectivity index (χ4v) is 5.64. The zero-order valence-electron chi connectivity index (χ0n) is 24.5. The molecule has 10 heteroatoms. The summed E-state index contributed by atoms with van der Waals surface area (Å²) in [6, 6.07) is 19.5. The van der Waals surface area contributed by atoms with Crippen molar-refractivity contribution in [3.05, 3.63) is 83.7 Å². The van der Waals surface area contributed by atoms with E-state index in [9.17, 15) is 12.8 Å². The molecule has 41 heavy (non-hydrogen) atoms. The highest BCUT2D eigenvalue weighted by molar-refractivity contribution is 7.89. The first-order chi connectivity index (χ1) is 19.7. The Morgan fingerprint density at radius 3 is 2.39 bits per heavy atom. The fraction of sp³-hybridized carbons (Fsp3) is 0.419. The van der Waals surface area contributed by atoms with E-state index >= 15 is 0 Å². The molecule has 0 unspecified atom stereocenters. The SMILES string of the molecule is CCNS(=O)(=O)c1cc(CNCCN(C)C)cc(N(CCCc2ccccc2)CCOC)c1Oc1cccc(F)c1. The zero-order chi connectivity index (χ0) is 29.7. The van der Waals surface area contributed by atoms with Crippen LogP contribution in [0.1, 0.15) is 24.5 Å². The van der Waals surface area contributed by atoms with E-state index in [1.54, 1.807) is 26.2 Å². The molecule has 0 saturated heterocycles. The molecule has 0 heterocycles. The van der Waals surface area contributed by atoms with E-state index in [2.05, 4.69) is 32.0 Å². The van der Waals surface area contributed by atoms with E-state index in [1.165, 1.54) is 23.8 Å². The number of hydrogen-bond acceptors (Lipinski definition) is 7. The summed E-state index contributed by atoms with van der Waals surface area (Å²) < 4.78 is 55.4. The molecule has 0 saturated carbocycles. The van der Waals surface area contributed by atoms with Crippen molar-refractivity contribution < 1.29 is 22.3 Å². The van der Waals surface area contributed by atoms with Crippen LogP contribution in [0.25, 0.3) is 0 Å². The summed E-state index contributed by atoms with van der Waals surface area (Å²) in [6.07, 6.45) is 1.69. The van der Waals surface area contributed by atoms with Gasteiger partial charge in [-0.3, -0.25) is 0 Å². The Kier molecular flexibility index (Phi) is 13.0. The van der Waals surface area contributed by atoms with Crippen LogP contribution in [0.4, 0.5) is 10.1 Å². The molecule has 0 aliphatic rings. The largest absolute Gasteiger partial charge is 0.454 e. The first kappa shape index (κ1) is 32.5. The van der Waals surface area contributed by atoms with Crippen LogP contribution in [0.15, 0.2) is 71.6 Å². The van der Waals surface area contributed by atoms with Crippen LogP contribution in [0, 0.1) is 5.82 Å². The molecule has 0 aromatic heterocycles. The van der Waals surface area contributed by atoms with Gasteiger partial charge < -0.3 is 24.6 Å². The molecule has 0 aliphatic heterocycles. The molecule has 0 spiro atoms. The molecule has 8 nitrogen and oxygen atoms in total. The highest BCUT2D eigenvalue weighted by atomic mass is 32.2. The molecule has 0 atom stereocenters. The molecule has 0 amide bonds. The minimum absolute atomic E-state index is 0.0102. The lowest BCUT2D eigenvalue weighted by molar-refractivity contribution is 0.205. The van der Waals surface area contributed by atoms with Gasteiger partial charge in [0.05, 0.1) is 12.3 Å². The smallest absolute Gasteiger partial charge is 0.244 e. The lowest BCUT2D eigenvalue weighted by Gasteiger charge is -2.29. The van der Waals surface area contributed by atoms with Crippen LogP contribution < -0.4 is 19.7 Å². The number of benzene rings is 3. The molecule has 0 aliphatic carbocycles. The summed E-state index contributed by atoms with van der Waals surface area (Å²) in [5.74, 6) is -0.0996. The van der Waals surface area contributed by atoms with Crippen molar-refractivity contribution in [2.24, 2.45) is 0 Å². The summed E-state index contributed by atoms with van der Waals surface area (Å²) in [4.78, 5) is 4.18. The van der Waals surface area contributed by atoms with E-state index < -0.39 is 15.8 Å². The minimum atomic E-state index is -3.94. The van der Waals surface area contributed by atoms with E-state index in [4.69, 9.17) is 9.47 Å². The Morgan fingerprint density at radius 1 is 0.927 bits per heavy atom. The van der Waals surface area contributed by atoms with E-state index in [-0.39, 0.29) is 22.9 Å². The van der Waals surface area contributed by atoms with Gasteiger partial charge in [0, 0.05) is 52.4 Å². The van der Waals surface area contributed by atoms with Crippen LogP contribution in [-0.4, -0.2) is 73.9 Å². The van der Waals surface area contributed by atoms with Gasteiger partial charge in [-0.25, -0.2) is 17.5 Å². The number of methoxy groups -OCH3 is 1. The molecule has 2 N–H and O–H groups in total. The van der Waals surface area contributed by atoms with Crippen molar-refractivity contribution in [2.75, 3.05) is 65.4 Å². The van der Waals surface area contributed by atoms with Gasteiger partial charge in [-0.15, -0.1) is 0 Å². The number of likely N-dealkylation sites (N-methyl/N-ethyl adjacent to an activating group) is 1. The summed E-state index contributed by atoms with van der Waals surface area (Å²) in [5, 5.41) is 3.40. The molecule has 224 valence electrons. The van der Waals surface area contributed by atoms with Crippen molar-refractivity contribution in [3.63, 3.8) is 0 Å². The molecule has 0 bridgehead atoms. The van der Waals surface area contributed by atoms with Gasteiger partial charge in [-0.2, -0.15) is 0 Å². The minimum Gasteiger partial charge on any atom is -0.454 e. The average Bonchev–Trinajstić information content (AvgIpc) is 2.94. The number of nitrogens with zero attached hydrogens (tertiary/aromatic N) is 2. The number of ether oxygens (including phenoxy) is 2. The lowest BCUT2D eigenvalue weighted by Crippen LogP contribution is -2.31. The van der Waals surface area contributed by atoms with Crippen molar-refractivity contribution in [3.8, 4) is 11.5 Å². The highest BCUT2D eigenvalue weighted by Crippen LogP contribution is 2.40. The predicted octanol–water partition coefficient (Wildman–Crippen LogP) is 4.65. The van der Waals surface area contributed by atoms with Crippen LogP contribution in [0.3, 0.4) is 0 Å². The summed E-state index contributed by atoms with van der Waals surface area (Å²) in [5.41, 5.74) is 2.64. The van der Waals surface area contributed by atoms with Gasteiger partial charge in [-0.1, -0.05) is 43.3 Å². The number of rotatable bonds is 18. The van der Waals surface area contributed by atoms with Crippen LogP contribution in [-0.2, 0) is 27.7 Å². The first-order valence-corrected chi connectivity index (χ1v) is 15.4. The summed E-state index contributed by atoms with van der Waals surface area (Å²) in [7, 11) is 1.70. The third-order valence-electron chi connectivity index (χ3n) is 6.44. The predicted molar refractivity (Wildman–Crippen MR) is 163 cm³/mol. The van der Waals surface area contributed by atoms with Crippen molar-refractivity contribution >= 4 is 15.7 Å². The first-order valence-electron chi connectivity index (χ1n) is 14.0. The molecule has 0 fully saturated rings. The van der Waals surface area contributed by atoms with Crippen LogP contribution >= 0.6 is 0 Å². The lowest BCUT2D eigenvalue weighted by atomic mass is 10.1. The fourth-order valence-electron chi connectivity index (χ4n) is 4.41. The van der Waals surface area contributed by atoms with Gasteiger partial charge >= 0.3 is 0 Å². The molecule has 3 aromatic rings. The number of anilines is 1. The molecule has 0 radical (unpaired) electrons. The van der Waals surface area contributed by atoms with E-state index in [1.807, 2.05) is 38.4 Å². The maximum absolute atomic E-state index is 14.1. The topological polar surface area (TPSA) is 83.1 Å². The van der Waals surface area contributed by atoms with Crippen LogP contribution in [0.5, 0.6) is 11.5 Å². The Hall–Kier alpha value is -3.02. The van der Waals surface area contributed by atoms with Crippen molar-refractivity contribution in [1.82, 2.24) is 14.9 Å². The zero-order valence-corrected chi connectivity index (χ0v) is 25.3. The maximum Gasteiger partial charge on any atom is 0.244 e. The van der Waals surface area contributed by atoms with Crippen molar-refractivity contribution in [2.45, 2.75) is 31.2 Å². The quantitative estimate of drug-likeness (QED) is 0.210. The van der Waals surface area contributed by atoms with Gasteiger partial charge in [0.2, 0.25) is 10.0 Å². The second-order valence-electron chi connectivity index (χ2n) is 10.1. The average molecular weight is 587 g/mol. The Bertz CT molecular complexity index is 1320. The third-order valence-corrected chi connectivity index (χ3v) is 7.99. The van der Waals surface area contributed by atoms with Crippen LogP contribution in [0.2, 0.25) is 0 Å². The van der Waals surface area contributed by atoms with Gasteiger partial charge in [-0.05, 0) is 62.3 Å². The Balaban J connectivity index is 2.09. The third kappa shape index (κ3) is 10.4. The Labute approximate surface area is 244 Å². The second kappa shape index (κ2) is 16.4. The molecule has 3 rings (SSSR count). The molecule has 3 aromatic carbocycles. The van der Waals surface area contributed by atoms with Crippen molar-refractivity contribution in [1.29, 1.82) is 0 Å². The Morgan fingerprint density at radius 2 is 1.71 bits per heavy atom. The normalized spacial score (nSPS) is 11.7. The van der Waals surface area contributed by atoms with Gasteiger partial charge in [0.25, 0.3) is 0 Å². The number of aryl methyl sites for hydroxylation is 1. The standard InChI is InChI=1S/C31H43FN4O4S/c1-5-34-41(37,38)30-22-26(24-33-16-18-35(2)3)21-29(31(30)40-28-15-9-14-27(32)23-28)36(19-20-39-4)17-10-13-25-11-7-6-8-12-25/h6-9,11-12,14-15,21-23,33-34H,5,10,13,16-20,24H2,1-4H3. The van der Waals surface area contributed by atoms with E-state index in [0.29, 0.717) is 31.9 Å². The number of halogens is 1. The van der Waals surface area contributed by atoms with Gasteiger partial charge in [0.15, 0.2) is 5.75 Å². The van der Waals surface area contributed by atoms with Gasteiger partial charge in [0.1, 0.15) is 16.5 Å². The van der Waals surface area contributed by atoms with E-state index in [0.717, 1.165) is 31.5 Å². The highest BCUT2D eigenvalue weighted by Gasteiger charge is 2.26.